The van der Waals surface area contributed by atoms with Gasteiger partial charge in [0.25, 0.3) is 5.91 Å². The van der Waals surface area contributed by atoms with Gasteiger partial charge in [-0.2, -0.15) is 0 Å². The molecule has 1 aliphatic heterocycles. The molecule has 1 N–H and O–H groups in total. The van der Waals surface area contributed by atoms with Gasteiger partial charge in [0.15, 0.2) is 6.61 Å². The van der Waals surface area contributed by atoms with Gasteiger partial charge in [0.05, 0.1) is 21.5 Å². The number of para-hydroxylation sites is 2. The molecule has 0 radical (unpaired) electrons. The van der Waals surface area contributed by atoms with Gasteiger partial charge in [-0.1, -0.05) is 18.2 Å². The molecule has 1 fully saturated rings. The highest BCUT2D eigenvalue weighted by atomic mass is 79.9. The van der Waals surface area contributed by atoms with Crippen LogP contribution in [0.25, 0.3) is 11.0 Å². The van der Waals surface area contributed by atoms with Crippen molar-refractivity contribution in [3.8, 4) is 5.75 Å². The van der Waals surface area contributed by atoms with E-state index in [0.29, 0.717) is 5.75 Å². The van der Waals surface area contributed by atoms with Crippen molar-refractivity contribution < 1.29 is 9.53 Å². The number of ether oxygens (including phenoxy) is 1. The predicted octanol–water partition coefficient (Wildman–Crippen LogP) is 4.38. The maximum absolute atomic E-state index is 12.7. The molecule has 26 heavy (non-hydrogen) atoms. The van der Waals surface area contributed by atoms with E-state index in [9.17, 15) is 4.79 Å². The molecule has 3 aromatic rings. The zero-order valence-corrected chi connectivity index (χ0v) is 16.1. The number of rotatable bonds is 4. The Bertz CT molecular complexity index is 920. The number of imidazole rings is 1. The topological polar surface area (TPSA) is 58.2 Å². The summed E-state index contributed by atoms with van der Waals surface area (Å²) >= 11 is 3.48. The van der Waals surface area contributed by atoms with Crippen molar-refractivity contribution in [1.82, 2.24) is 14.9 Å². The molecule has 0 saturated carbocycles. The average Bonchev–Trinajstić information content (AvgIpc) is 3.27. The Morgan fingerprint density at radius 1 is 1.35 bits per heavy atom. The summed E-state index contributed by atoms with van der Waals surface area (Å²) in [4.78, 5) is 22.6. The van der Waals surface area contributed by atoms with Crippen LogP contribution in [0.2, 0.25) is 0 Å². The number of nitrogens with zero attached hydrogens (tertiary/aromatic N) is 2. The summed E-state index contributed by atoms with van der Waals surface area (Å²) in [6, 6.07) is 13.8. The van der Waals surface area contributed by atoms with E-state index in [1.165, 1.54) is 0 Å². The SMILES string of the molecule is Cc1ccc(OCC(=O)N2CCC[C@H]2c2nc3ccccc3[nH]2)c(Br)c1. The minimum absolute atomic E-state index is 0.0135. The fourth-order valence-electron chi connectivity index (χ4n) is 3.43. The molecular formula is C20H20BrN3O2. The third kappa shape index (κ3) is 3.33. The average molecular weight is 414 g/mol. The number of carbonyl (C=O) groups excluding carboxylic acids is 1. The highest BCUT2D eigenvalue weighted by Gasteiger charge is 2.32. The molecule has 2 aromatic carbocycles. The fraction of sp³-hybridized carbons (Fsp3) is 0.300. The summed E-state index contributed by atoms with van der Waals surface area (Å²) < 4.78 is 6.60. The lowest BCUT2D eigenvalue weighted by atomic mass is 10.2. The summed E-state index contributed by atoms with van der Waals surface area (Å²) in [5.41, 5.74) is 3.07. The van der Waals surface area contributed by atoms with Gasteiger partial charge in [-0.05, 0) is 65.5 Å². The van der Waals surface area contributed by atoms with Crippen LogP contribution >= 0.6 is 15.9 Å². The van der Waals surface area contributed by atoms with E-state index < -0.39 is 0 Å². The van der Waals surface area contributed by atoms with E-state index in [4.69, 9.17) is 4.74 Å². The molecule has 1 amide bonds. The van der Waals surface area contributed by atoms with Gasteiger partial charge in [-0.25, -0.2) is 4.98 Å². The van der Waals surface area contributed by atoms with E-state index in [-0.39, 0.29) is 18.6 Å². The van der Waals surface area contributed by atoms with Gasteiger partial charge >= 0.3 is 0 Å². The molecule has 1 saturated heterocycles. The first-order valence-electron chi connectivity index (χ1n) is 8.75. The Morgan fingerprint density at radius 2 is 2.19 bits per heavy atom. The van der Waals surface area contributed by atoms with Crippen molar-refractivity contribution in [2.24, 2.45) is 0 Å². The summed E-state index contributed by atoms with van der Waals surface area (Å²) in [6.45, 7) is 2.78. The first-order chi connectivity index (χ1) is 12.6. The van der Waals surface area contributed by atoms with E-state index in [1.807, 2.05) is 54.3 Å². The quantitative estimate of drug-likeness (QED) is 0.690. The highest BCUT2D eigenvalue weighted by Crippen LogP contribution is 2.32. The van der Waals surface area contributed by atoms with Crippen molar-refractivity contribution >= 4 is 32.9 Å². The number of hydrogen-bond acceptors (Lipinski definition) is 3. The number of nitrogens with one attached hydrogen (secondary N) is 1. The predicted molar refractivity (Wildman–Crippen MR) is 104 cm³/mol. The summed E-state index contributed by atoms with van der Waals surface area (Å²) in [5.74, 6) is 1.53. The fourth-order valence-corrected chi connectivity index (χ4v) is 4.03. The molecule has 0 unspecified atom stereocenters. The normalized spacial score (nSPS) is 17.0. The molecule has 1 aliphatic rings. The van der Waals surface area contributed by atoms with Gasteiger partial charge in [-0.15, -0.1) is 0 Å². The molecule has 6 heteroatoms. The Kier molecular flexibility index (Phi) is 4.68. The maximum Gasteiger partial charge on any atom is 0.261 e. The van der Waals surface area contributed by atoms with E-state index >= 15 is 0 Å². The van der Waals surface area contributed by atoms with Crippen LogP contribution < -0.4 is 4.74 Å². The minimum atomic E-state index is -0.0139. The largest absolute Gasteiger partial charge is 0.483 e. The van der Waals surface area contributed by atoms with Crippen molar-refractivity contribution in [3.63, 3.8) is 0 Å². The van der Waals surface area contributed by atoms with Crippen LogP contribution in [0.4, 0.5) is 0 Å². The number of aromatic amines is 1. The van der Waals surface area contributed by atoms with Gasteiger partial charge in [-0.3, -0.25) is 4.79 Å². The second kappa shape index (κ2) is 7.11. The third-order valence-electron chi connectivity index (χ3n) is 4.74. The monoisotopic (exact) mass is 413 g/mol. The standard InChI is InChI=1S/C20H20BrN3O2/c1-13-8-9-18(14(21)11-13)26-12-19(25)24-10-4-7-17(24)20-22-15-5-2-3-6-16(15)23-20/h2-3,5-6,8-9,11,17H,4,7,10,12H2,1H3,(H,22,23)/t17-/m0/s1. The number of aryl methyl sites for hydroxylation is 1. The molecule has 4 rings (SSSR count). The molecule has 0 aliphatic carbocycles. The van der Waals surface area contributed by atoms with Gasteiger partial charge < -0.3 is 14.6 Å². The smallest absolute Gasteiger partial charge is 0.261 e. The van der Waals surface area contributed by atoms with Crippen molar-refractivity contribution in [1.29, 1.82) is 0 Å². The van der Waals surface area contributed by atoms with E-state index in [1.54, 1.807) is 0 Å². The van der Waals surface area contributed by atoms with Gasteiger partial charge in [0.1, 0.15) is 11.6 Å². The number of H-pyrrole nitrogens is 1. The van der Waals surface area contributed by atoms with E-state index in [0.717, 1.165) is 46.3 Å². The Morgan fingerprint density at radius 3 is 3.00 bits per heavy atom. The maximum atomic E-state index is 12.7. The first kappa shape index (κ1) is 17.1. The summed E-state index contributed by atoms with van der Waals surface area (Å²) in [7, 11) is 0. The Hall–Kier alpha value is -2.34. The first-order valence-corrected chi connectivity index (χ1v) is 9.54. The van der Waals surface area contributed by atoms with Crippen LogP contribution in [-0.4, -0.2) is 33.9 Å². The number of benzene rings is 2. The summed E-state index contributed by atoms with van der Waals surface area (Å²) in [6.07, 6.45) is 1.89. The lowest BCUT2D eigenvalue weighted by molar-refractivity contribution is -0.134. The van der Waals surface area contributed by atoms with Gasteiger partial charge in [0.2, 0.25) is 0 Å². The van der Waals surface area contributed by atoms with Crippen LogP contribution in [0.5, 0.6) is 5.75 Å². The van der Waals surface area contributed by atoms with Crippen LogP contribution in [0.15, 0.2) is 46.9 Å². The molecule has 1 aromatic heterocycles. The van der Waals surface area contributed by atoms with Crippen LogP contribution in [0.1, 0.15) is 30.3 Å². The van der Waals surface area contributed by atoms with Crippen LogP contribution in [0, 0.1) is 6.92 Å². The second-order valence-corrected chi connectivity index (χ2v) is 7.46. The van der Waals surface area contributed by atoms with Crippen molar-refractivity contribution in [2.45, 2.75) is 25.8 Å². The lowest BCUT2D eigenvalue weighted by Gasteiger charge is -2.23. The van der Waals surface area contributed by atoms with Crippen molar-refractivity contribution in [2.75, 3.05) is 13.2 Å². The molecule has 0 spiro atoms. The van der Waals surface area contributed by atoms with Crippen LogP contribution in [-0.2, 0) is 4.79 Å². The molecule has 5 nitrogen and oxygen atoms in total. The Balaban J connectivity index is 1.48. The number of aromatic nitrogens is 2. The third-order valence-corrected chi connectivity index (χ3v) is 5.35. The summed E-state index contributed by atoms with van der Waals surface area (Å²) in [5, 5.41) is 0. The number of carbonyl (C=O) groups is 1. The molecule has 0 bridgehead atoms. The number of amides is 1. The second-order valence-electron chi connectivity index (χ2n) is 6.61. The highest BCUT2D eigenvalue weighted by molar-refractivity contribution is 9.10. The molecule has 2 heterocycles. The molecule has 1 atom stereocenters. The zero-order chi connectivity index (χ0) is 18.1. The number of fused-ring (bicyclic) bond motifs is 1. The molecule has 134 valence electrons. The van der Waals surface area contributed by atoms with Crippen LogP contribution in [0.3, 0.4) is 0 Å². The number of halogens is 1. The number of hydrogen-bond donors (Lipinski definition) is 1. The Labute approximate surface area is 160 Å². The number of likely N-dealkylation sites (tertiary alicyclic amines) is 1. The van der Waals surface area contributed by atoms with E-state index in [2.05, 4.69) is 25.9 Å². The molecular weight excluding hydrogens is 394 g/mol. The lowest BCUT2D eigenvalue weighted by Crippen LogP contribution is -2.34. The zero-order valence-electron chi connectivity index (χ0n) is 14.5. The van der Waals surface area contributed by atoms with Crippen molar-refractivity contribution in [3.05, 3.63) is 58.3 Å². The minimum Gasteiger partial charge on any atom is -0.483 e. The van der Waals surface area contributed by atoms with Gasteiger partial charge in [0, 0.05) is 6.54 Å².